The van der Waals surface area contributed by atoms with Gasteiger partial charge in [0.2, 0.25) is 0 Å². The van der Waals surface area contributed by atoms with Crippen LogP contribution in [0.1, 0.15) is 35.6 Å². The Kier molecular flexibility index (Phi) is 7.17. The first-order valence-electron chi connectivity index (χ1n) is 12.5. The van der Waals surface area contributed by atoms with Gasteiger partial charge in [-0.3, -0.25) is 4.79 Å². The molecule has 40 heavy (non-hydrogen) atoms. The predicted molar refractivity (Wildman–Crippen MR) is 141 cm³/mol. The Morgan fingerprint density at radius 3 is 2.02 bits per heavy atom. The summed E-state index contributed by atoms with van der Waals surface area (Å²) in [4.78, 5) is 13.5. The minimum Gasteiger partial charge on any atom is -0.508 e. The van der Waals surface area contributed by atoms with Crippen LogP contribution in [0.2, 0.25) is 0 Å². The van der Waals surface area contributed by atoms with Gasteiger partial charge in [0.05, 0.1) is 12.2 Å². The molecule has 1 aliphatic rings. The minimum atomic E-state index is -1.84. The summed E-state index contributed by atoms with van der Waals surface area (Å²) in [7, 11) is 0. The van der Waals surface area contributed by atoms with E-state index in [4.69, 9.17) is 9.15 Å². The van der Waals surface area contributed by atoms with Crippen molar-refractivity contribution in [1.29, 1.82) is 0 Å². The second kappa shape index (κ2) is 10.5. The van der Waals surface area contributed by atoms with Gasteiger partial charge in [-0.25, -0.2) is 0 Å². The number of aromatic hydroxyl groups is 4. The van der Waals surface area contributed by atoms with Crippen LogP contribution in [0.25, 0.3) is 22.3 Å². The smallest absolute Gasteiger partial charge is 0.197 e. The Morgan fingerprint density at radius 1 is 0.825 bits per heavy atom. The van der Waals surface area contributed by atoms with E-state index >= 15 is 0 Å². The maximum atomic E-state index is 13.5. The van der Waals surface area contributed by atoms with Crippen molar-refractivity contribution < 1.29 is 50.0 Å². The molecule has 0 spiro atoms. The van der Waals surface area contributed by atoms with Crippen molar-refractivity contribution in [3.63, 3.8) is 0 Å². The third-order valence-corrected chi connectivity index (χ3v) is 7.35. The average molecular weight is 553 g/mol. The van der Waals surface area contributed by atoms with Crippen LogP contribution in [0.5, 0.6) is 23.0 Å². The van der Waals surface area contributed by atoms with E-state index < -0.39 is 60.0 Å². The molecular formula is C29H28O11. The first-order valence-corrected chi connectivity index (χ1v) is 12.5. The quantitative estimate of drug-likeness (QED) is 0.180. The van der Waals surface area contributed by atoms with Crippen LogP contribution < -0.4 is 5.43 Å². The average Bonchev–Trinajstić information content (AvgIpc) is 2.93. The second-order valence-corrected chi connectivity index (χ2v) is 9.81. The van der Waals surface area contributed by atoms with Crippen LogP contribution in [-0.4, -0.2) is 71.9 Å². The fourth-order valence-corrected chi connectivity index (χ4v) is 5.12. The largest absolute Gasteiger partial charge is 0.508 e. The van der Waals surface area contributed by atoms with Gasteiger partial charge in [-0.1, -0.05) is 19.1 Å². The molecule has 0 aliphatic carbocycles. The third-order valence-electron chi connectivity index (χ3n) is 7.35. The second-order valence-electron chi connectivity index (χ2n) is 9.81. The van der Waals surface area contributed by atoms with E-state index in [0.29, 0.717) is 11.1 Å². The SMILES string of the molecule is C[C@@H](c1ccc(O)cc1)c1c(O)c([C@@H]2O[C@H](CO)[C@H](O)[C@@H](O)[C@H]2O)c2oc(-c3ccc(O)cc3)cc(=O)c2c1O. The highest BCUT2D eigenvalue weighted by Crippen LogP contribution is 2.49. The van der Waals surface area contributed by atoms with E-state index in [9.17, 15) is 45.6 Å². The van der Waals surface area contributed by atoms with Gasteiger partial charge in [0.25, 0.3) is 0 Å². The third kappa shape index (κ3) is 4.53. The number of hydrogen-bond donors (Lipinski definition) is 8. The molecule has 11 nitrogen and oxygen atoms in total. The molecule has 0 saturated carbocycles. The van der Waals surface area contributed by atoms with Crippen LogP contribution in [0.3, 0.4) is 0 Å². The number of rotatable bonds is 5. The molecule has 0 radical (unpaired) electrons. The standard InChI is InChI=1S/C29H28O11/c1-12(13-2-6-15(31)7-3-13)20-24(35)21-17(33)10-18(14-4-8-16(32)9-5-14)39-28(21)22(25(20)36)29-27(38)26(37)23(34)19(11-30)40-29/h2-10,12,19,23,26-27,29-32,34-38H,11H2,1H3/t12-,19+,23-,26+,27+,29-/m0/s1. The summed E-state index contributed by atoms with van der Waals surface area (Å²) in [5.41, 5.74) is -0.536. The van der Waals surface area contributed by atoms with Gasteiger partial charge < -0.3 is 50.0 Å². The molecule has 1 aliphatic heterocycles. The monoisotopic (exact) mass is 552 g/mol. The van der Waals surface area contributed by atoms with Gasteiger partial charge in [-0.05, 0) is 42.0 Å². The van der Waals surface area contributed by atoms with Crippen molar-refractivity contribution >= 4 is 11.0 Å². The van der Waals surface area contributed by atoms with Gasteiger partial charge in [-0.2, -0.15) is 0 Å². The molecular weight excluding hydrogens is 524 g/mol. The zero-order chi connectivity index (χ0) is 28.9. The van der Waals surface area contributed by atoms with E-state index in [-0.39, 0.29) is 39.4 Å². The molecule has 8 N–H and O–H groups in total. The van der Waals surface area contributed by atoms with E-state index in [1.54, 1.807) is 19.1 Å². The highest BCUT2D eigenvalue weighted by atomic mass is 16.5. The topological polar surface area (TPSA) is 201 Å². The maximum absolute atomic E-state index is 13.5. The van der Waals surface area contributed by atoms with E-state index in [2.05, 4.69) is 0 Å². The summed E-state index contributed by atoms with van der Waals surface area (Å²) in [5.74, 6) is -2.00. The molecule has 11 heteroatoms. The molecule has 2 heterocycles. The summed E-state index contributed by atoms with van der Waals surface area (Å²) in [6, 6.07) is 12.8. The highest BCUT2D eigenvalue weighted by molar-refractivity contribution is 5.92. The molecule has 1 saturated heterocycles. The number of phenolic OH excluding ortho intramolecular Hbond substituents is 4. The lowest BCUT2D eigenvalue weighted by atomic mass is 9.84. The van der Waals surface area contributed by atoms with Crippen molar-refractivity contribution in [1.82, 2.24) is 0 Å². The molecule has 1 aromatic heterocycles. The number of hydrogen-bond acceptors (Lipinski definition) is 11. The van der Waals surface area contributed by atoms with Crippen LogP contribution >= 0.6 is 0 Å². The molecule has 0 amide bonds. The lowest BCUT2D eigenvalue weighted by Crippen LogP contribution is -2.55. The molecule has 0 bridgehead atoms. The van der Waals surface area contributed by atoms with Gasteiger partial charge >= 0.3 is 0 Å². The lowest BCUT2D eigenvalue weighted by molar-refractivity contribution is -0.231. The van der Waals surface area contributed by atoms with E-state index in [1.807, 2.05) is 0 Å². The number of aliphatic hydroxyl groups excluding tert-OH is 4. The first-order chi connectivity index (χ1) is 19.0. The van der Waals surface area contributed by atoms with E-state index in [1.165, 1.54) is 36.4 Å². The van der Waals surface area contributed by atoms with Crippen molar-refractivity contribution in [2.45, 2.75) is 43.4 Å². The Balaban J connectivity index is 1.82. The van der Waals surface area contributed by atoms with Crippen molar-refractivity contribution in [3.8, 4) is 34.3 Å². The summed E-state index contributed by atoms with van der Waals surface area (Å²) in [5, 5.41) is 83.4. The van der Waals surface area contributed by atoms with Crippen molar-refractivity contribution in [3.05, 3.63) is 81.5 Å². The molecule has 0 unspecified atom stereocenters. The zero-order valence-electron chi connectivity index (χ0n) is 21.2. The molecule has 4 aromatic rings. The normalized spacial score (nSPS) is 23.8. The number of benzene rings is 3. The Bertz CT molecular complexity index is 1590. The predicted octanol–water partition coefficient (Wildman–Crippen LogP) is 1.95. The summed E-state index contributed by atoms with van der Waals surface area (Å²) >= 11 is 0. The van der Waals surface area contributed by atoms with Crippen molar-refractivity contribution in [2.75, 3.05) is 6.61 Å². The first kappa shape index (κ1) is 27.4. The summed E-state index contributed by atoms with van der Waals surface area (Å²) in [6.45, 7) is 0.897. The molecule has 3 aromatic carbocycles. The van der Waals surface area contributed by atoms with Crippen molar-refractivity contribution in [2.24, 2.45) is 0 Å². The highest BCUT2D eigenvalue weighted by Gasteiger charge is 2.46. The Labute approximate surface area is 227 Å². The zero-order valence-corrected chi connectivity index (χ0v) is 21.2. The van der Waals surface area contributed by atoms with Gasteiger partial charge in [-0.15, -0.1) is 0 Å². The number of ether oxygens (including phenoxy) is 1. The summed E-state index contributed by atoms with van der Waals surface area (Å²) in [6.07, 6.45) is -8.27. The molecule has 6 atom stereocenters. The number of fused-ring (bicyclic) bond motifs is 1. The van der Waals surface area contributed by atoms with Crippen LogP contribution in [0.4, 0.5) is 0 Å². The van der Waals surface area contributed by atoms with Crippen LogP contribution in [0, 0.1) is 0 Å². The minimum absolute atomic E-state index is 0.00136. The van der Waals surface area contributed by atoms with E-state index in [0.717, 1.165) is 6.07 Å². The summed E-state index contributed by atoms with van der Waals surface area (Å²) < 4.78 is 11.7. The Hall–Kier alpha value is -4.13. The molecule has 1 fully saturated rings. The van der Waals surface area contributed by atoms with Crippen LogP contribution in [-0.2, 0) is 4.74 Å². The van der Waals surface area contributed by atoms with Gasteiger partial charge in [0.1, 0.15) is 64.7 Å². The van der Waals surface area contributed by atoms with Gasteiger partial charge in [0.15, 0.2) is 11.0 Å². The molecule has 210 valence electrons. The van der Waals surface area contributed by atoms with Gasteiger partial charge in [0, 0.05) is 23.1 Å². The van der Waals surface area contributed by atoms with Crippen LogP contribution in [0.15, 0.2) is 63.8 Å². The fourth-order valence-electron chi connectivity index (χ4n) is 5.12. The Morgan fingerprint density at radius 2 is 1.43 bits per heavy atom. The lowest BCUT2D eigenvalue weighted by Gasteiger charge is -2.40. The maximum Gasteiger partial charge on any atom is 0.197 e. The fraction of sp³-hybridized carbons (Fsp3) is 0.276. The number of aliphatic hydroxyl groups is 4. The number of phenols is 4. The molecule has 5 rings (SSSR count).